The van der Waals surface area contributed by atoms with Crippen LogP contribution in [-0.4, -0.2) is 21.8 Å². The predicted molar refractivity (Wildman–Crippen MR) is 66.2 cm³/mol. The van der Waals surface area contributed by atoms with Gasteiger partial charge in [-0.1, -0.05) is 18.2 Å². The van der Waals surface area contributed by atoms with E-state index in [1.165, 1.54) is 6.33 Å². The molecule has 2 aromatic rings. The van der Waals surface area contributed by atoms with E-state index in [1.807, 2.05) is 25.1 Å². The third-order valence-electron chi connectivity index (χ3n) is 2.49. The standard InChI is InChI=1S/C12H12N4O2/c1-7-4-2-3-5-8(7)16-12(18)10-9(11(13)17)14-6-15-10/h2-6H,1H3,(H2,13,17)(H,14,15)(H,16,18). The molecule has 1 aromatic heterocycles. The average molecular weight is 244 g/mol. The zero-order valence-corrected chi connectivity index (χ0v) is 9.73. The van der Waals surface area contributed by atoms with Gasteiger partial charge in [0, 0.05) is 5.69 Å². The summed E-state index contributed by atoms with van der Waals surface area (Å²) in [4.78, 5) is 29.3. The molecule has 0 saturated heterocycles. The van der Waals surface area contributed by atoms with E-state index in [0.29, 0.717) is 5.69 Å². The van der Waals surface area contributed by atoms with Gasteiger partial charge in [0.15, 0.2) is 5.69 Å². The molecule has 6 nitrogen and oxygen atoms in total. The minimum absolute atomic E-state index is 0.0609. The summed E-state index contributed by atoms with van der Waals surface area (Å²) in [6.07, 6.45) is 1.26. The molecule has 0 aliphatic carbocycles. The number of nitrogens with one attached hydrogen (secondary N) is 2. The number of benzene rings is 1. The van der Waals surface area contributed by atoms with Crippen molar-refractivity contribution in [2.75, 3.05) is 5.32 Å². The first-order chi connectivity index (χ1) is 8.59. The molecule has 0 aliphatic rings. The fraction of sp³-hybridized carbons (Fsp3) is 0.0833. The number of nitrogens with zero attached hydrogens (tertiary/aromatic N) is 1. The van der Waals surface area contributed by atoms with Gasteiger partial charge >= 0.3 is 0 Å². The van der Waals surface area contributed by atoms with Gasteiger partial charge < -0.3 is 16.0 Å². The van der Waals surface area contributed by atoms with Gasteiger partial charge in [-0.2, -0.15) is 0 Å². The Balaban J connectivity index is 2.25. The number of hydrogen-bond acceptors (Lipinski definition) is 3. The van der Waals surface area contributed by atoms with Crippen molar-refractivity contribution in [3.8, 4) is 0 Å². The number of anilines is 1. The second kappa shape index (κ2) is 4.70. The molecule has 6 heteroatoms. The Bertz CT molecular complexity index is 604. The van der Waals surface area contributed by atoms with E-state index < -0.39 is 11.8 Å². The fourth-order valence-corrected chi connectivity index (χ4v) is 1.55. The van der Waals surface area contributed by atoms with Crippen LogP contribution in [-0.2, 0) is 0 Å². The number of amides is 2. The van der Waals surface area contributed by atoms with Crippen molar-refractivity contribution in [1.29, 1.82) is 0 Å². The van der Waals surface area contributed by atoms with Crippen LogP contribution >= 0.6 is 0 Å². The zero-order valence-electron chi connectivity index (χ0n) is 9.73. The van der Waals surface area contributed by atoms with Gasteiger partial charge in [0.25, 0.3) is 11.8 Å². The van der Waals surface area contributed by atoms with Crippen LogP contribution in [0.4, 0.5) is 5.69 Å². The van der Waals surface area contributed by atoms with Crippen LogP contribution in [0.5, 0.6) is 0 Å². The number of primary amides is 1. The Kier molecular flexibility index (Phi) is 3.09. The van der Waals surface area contributed by atoms with Gasteiger partial charge in [0.1, 0.15) is 5.69 Å². The van der Waals surface area contributed by atoms with Crippen LogP contribution in [0.2, 0.25) is 0 Å². The maximum atomic E-state index is 12.0. The first kappa shape index (κ1) is 11.8. The maximum Gasteiger partial charge on any atom is 0.274 e. The lowest BCUT2D eigenvalue weighted by molar-refractivity contribution is 0.0972. The highest BCUT2D eigenvalue weighted by Gasteiger charge is 2.18. The molecular weight excluding hydrogens is 232 g/mol. The minimum Gasteiger partial charge on any atom is -0.364 e. The molecule has 0 unspecified atom stereocenters. The second-order valence-corrected chi connectivity index (χ2v) is 3.76. The highest BCUT2D eigenvalue weighted by atomic mass is 16.2. The maximum absolute atomic E-state index is 12.0. The Hall–Kier alpha value is -2.63. The molecule has 0 fully saturated rings. The van der Waals surface area contributed by atoms with E-state index >= 15 is 0 Å². The predicted octanol–water partition coefficient (Wildman–Crippen LogP) is 1.07. The van der Waals surface area contributed by atoms with Crippen molar-refractivity contribution in [3.63, 3.8) is 0 Å². The van der Waals surface area contributed by atoms with E-state index in [0.717, 1.165) is 5.56 Å². The Morgan fingerprint density at radius 1 is 1.33 bits per heavy atom. The van der Waals surface area contributed by atoms with Gasteiger partial charge in [-0.15, -0.1) is 0 Å². The van der Waals surface area contributed by atoms with Crippen molar-refractivity contribution in [2.45, 2.75) is 6.92 Å². The molecule has 18 heavy (non-hydrogen) atoms. The second-order valence-electron chi connectivity index (χ2n) is 3.76. The van der Waals surface area contributed by atoms with E-state index in [2.05, 4.69) is 15.3 Å². The summed E-state index contributed by atoms with van der Waals surface area (Å²) in [6.45, 7) is 1.87. The summed E-state index contributed by atoms with van der Waals surface area (Å²) in [7, 11) is 0. The molecule has 0 bridgehead atoms. The topological polar surface area (TPSA) is 101 Å². The first-order valence-electron chi connectivity index (χ1n) is 5.29. The number of hydrogen-bond donors (Lipinski definition) is 3. The summed E-state index contributed by atoms with van der Waals surface area (Å²) < 4.78 is 0. The number of carbonyl (C=O) groups is 2. The fourth-order valence-electron chi connectivity index (χ4n) is 1.55. The number of para-hydroxylation sites is 1. The smallest absolute Gasteiger partial charge is 0.274 e. The molecule has 0 aliphatic heterocycles. The van der Waals surface area contributed by atoms with Gasteiger partial charge in [0.05, 0.1) is 6.33 Å². The molecule has 2 rings (SSSR count). The van der Waals surface area contributed by atoms with Crippen LogP contribution in [0.1, 0.15) is 26.5 Å². The van der Waals surface area contributed by atoms with Crippen LogP contribution < -0.4 is 11.1 Å². The lowest BCUT2D eigenvalue weighted by Crippen LogP contribution is -2.20. The minimum atomic E-state index is -0.744. The molecule has 92 valence electrons. The summed E-state index contributed by atoms with van der Waals surface area (Å²) in [5, 5.41) is 2.69. The number of carbonyl (C=O) groups excluding carboxylic acids is 2. The highest BCUT2D eigenvalue weighted by molar-refractivity contribution is 6.09. The third-order valence-corrected chi connectivity index (χ3v) is 2.49. The Labute approximate surface area is 103 Å². The van der Waals surface area contributed by atoms with Crippen LogP contribution in [0.25, 0.3) is 0 Å². The Morgan fingerprint density at radius 3 is 2.72 bits per heavy atom. The largest absolute Gasteiger partial charge is 0.364 e. The van der Waals surface area contributed by atoms with Crippen molar-refractivity contribution in [2.24, 2.45) is 5.73 Å². The van der Waals surface area contributed by atoms with Crippen LogP contribution in [0, 0.1) is 6.92 Å². The van der Waals surface area contributed by atoms with E-state index in [1.54, 1.807) is 6.07 Å². The van der Waals surface area contributed by atoms with Crippen LogP contribution in [0.15, 0.2) is 30.6 Å². The average Bonchev–Trinajstić information content (AvgIpc) is 2.81. The Morgan fingerprint density at radius 2 is 2.06 bits per heavy atom. The van der Waals surface area contributed by atoms with Crippen molar-refractivity contribution < 1.29 is 9.59 Å². The molecule has 0 atom stereocenters. The first-order valence-corrected chi connectivity index (χ1v) is 5.29. The van der Waals surface area contributed by atoms with E-state index in [9.17, 15) is 9.59 Å². The molecular formula is C12H12N4O2. The summed E-state index contributed by atoms with van der Waals surface area (Å²) in [5.74, 6) is -1.19. The van der Waals surface area contributed by atoms with Crippen LogP contribution in [0.3, 0.4) is 0 Å². The molecule has 2 amide bonds. The molecule has 1 heterocycles. The summed E-state index contributed by atoms with van der Waals surface area (Å²) in [6, 6.07) is 7.33. The number of H-pyrrole nitrogens is 1. The summed E-state index contributed by atoms with van der Waals surface area (Å²) >= 11 is 0. The molecule has 1 aromatic carbocycles. The van der Waals surface area contributed by atoms with E-state index in [4.69, 9.17) is 5.73 Å². The number of aromatic nitrogens is 2. The van der Waals surface area contributed by atoms with Gasteiger partial charge in [0.2, 0.25) is 0 Å². The number of aromatic amines is 1. The molecule has 0 saturated carbocycles. The zero-order chi connectivity index (χ0) is 13.1. The van der Waals surface area contributed by atoms with Gasteiger partial charge in [-0.3, -0.25) is 9.59 Å². The molecule has 0 radical (unpaired) electrons. The molecule has 4 N–H and O–H groups in total. The number of nitrogens with two attached hydrogens (primary N) is 1. The normalized spacial score (nSPS) is 10.1. The quantitative estimate of drug-likeness (QED) is 0.752. The lowest BCUT2D eigenvalue weighted by Gasteiger charge is -2.07. The van der Waals surface area contributed by atoms with Gasteiger partial charge in [-0.05, 0) is 18.6 Å². The van der Waals surface area contributed by atoms with Crippen molar-refractivity contribution in [3.05, 3.63) is 47.5 Å². The summed E-state index contributed by atoms with van der Waals surface area (Å²) in [5.41, 5.74) is 6.71. The lowest BCUT2D eigenvalue weighted by atomic mass is 10.2. The highest BCUT2D eigenvalue weighted by Crippen LogP contribution is 2.14. The SMILES string of the molecule is Cc1ccccc1NC(=O)c1[nH]cnc1C(N)=O. The van der Waals surface area contributed by atoms with Crippen molar-refractivity contribution in [1.82, 2.24) is 9.97 Å². The number of imidazole rings is 1. The van der Waals surface area contributed by atoms with Gasteiger partial charge in [-0.25, -0.2) is 4.98 Å². The van der Waals surface area contributed by atoms with E-state index in [-0.39, 0.29) is 11.4 Å². The number of rotatable bonds is 3. The van der Waals surface area contributed by atoms with Crippen molar-refractivity contribution >= 4 is 17.5 Å². The molecule has 0 spiro atoms. The monoisotopic (exact) mass is 244 g/mol. The number of aryl methyl sites for hydroxylation is 1. The third kappa shape index (κ3) is 2.22.